The van der Waals surface area contributed by atoms with E-state index in [0.717, 1.165) is 0 Å². The summed E-state index contributed by atoms with van der Waals surface area (Å²) >= 11 is 0. The molecule has 0 aliphatic carbocycles. The van der Waals surface area contributed by atoms with Crippen molar-refractivity contribution < 1.29 is 9.18 Å². The number of aromatic nitrogens is 1. The molecule has 0 saturated carbocycles. The van der Waals surface area contributed by atoms with Crippen LogP contribution >= 0.6 is 0 Å². The fraction of sp³-hybridized carbons (Fsp3) is 0.133. The third-order valence-electron chi connectivity index (χ3n) is 2.73. The number of anilines is 1. The first-order valence-corrected chi connectivity index (χ1v) is 6.03. The molecule has 0 unspecified atom stereocenters. The van der Waals surface area contributed by atoms with E-state index in [2.05, 4.69) is 17.2 Å². The standard InChI is InChI=1S/C15H14FN3O/c1-19-9-3-5-14(19)15(20)18-13-7-6-12(16)10-11(13)4-2-8-17/h3,5-7,9-10H,8,17H2,1H3,(H,18,20). The van der Waals surface area contributed by atoms with Gasteiger partial charge in [0.15, 0.2) is 0 Å². The first-order chi connectivity index (χ1) is 9.61. The van der Waals surface area contributed by atoms with Gasteiger partial charge in [0.05, 0.1) is 17.8 Å². The SMILES string of the molecule is Cn1cccc1C(=O)Nc1ccc(F)cc1C#CCN. The van der Waals surface area contributed by atoms with Crippen molar-refractivity contribution in [2.24, 2.45) is 12.8 Å². The van der Waals surface area contributed by atoms with Crippen LogP contribution in [0.25, 0.3) is 0 Å². The van der Waals surface area contributed by atoms with Gasteiger partial charge in [-0.25, -0.2) is 4.39 Å². The summed E-state index contributed by atoms with van der Waals surface area (Å²) in [6.45, 7) is 0.168. The second kappa shape index (κ2) is 6.04. The Morgan fingerprint density at radius 1 is 1.45 bits per heavy atom. The van der Waals surface area contributed by atoms with E-state index in [1.165, 1.54) is 18.2 Å². The topological polar surface area (TPSA) is 60.0 Å². The van der Waals surface area contributed by atoms with Crippen LogP contribution in [-0.4, -0.2) is 17.0 Å². The Morgan fingerprint density at radius 3 is 2.90 bits per heavy atom. The van der Waals surface area contributed by atoms with Crippen LogP contribution in [0.3, 0.4) is 0 Å². The number of amides is 1. The predicted octanol–water partition coefficient (Wildman–Crippen LogP) is 1.73. The molecule has 2 rings (SSSR count). The van der Waals surface area contributed by atoms with Crippen molar-refractivity contribution in [1.29, 1.82) is 0 Å². The van der Waals surface area contributed by atoms with Crippen molar-refractivity contribution in [2.45, 2.75) is 0 Å². The Hall–Kier alpha value is -2.58. The molecule has 0 aliphatic rings. The molecule has 3 N–H and O–H groups in total. The van der Waals surface area contributed by atoms with Gasteiger partial charge in [0.1, 0.15) is 11.5 Å². The first-order valence-electron chi connectivity index (χ1n) is 6.03. The molecule has 0 atom stereocenters. The maximum atomic E-state index is 13.2. The van der Waals surface area contributed by atoms with Gasteiger partial charge in [-0.1, -0.05) is 11.8 Å². The Labute approximate surface area is 116 Å². The number of carbonyl (C=O) groups is 1. The van der Waals surface area contributed by atoms with Gasteiger partial charge in [0.2, 0.25) is 0 Å². The molecule has 0 saturated heterocycles. The zero-order valence-corrected chi connectivity index (χ0v) is 11.0. The molecule has 0 bridgehead atoms. The quantitative estimate of drug-likeness (QED) is 0.817. The van der Waals surface area contributed by atoms with Crippen LogP contribution in [0.5, 0.6) is 0 Å². The van der Waals surface area contributed by atoms with Crippen LogP contribution in [-0.2, 0) is 7.05 Å². The lowest BCUT2D eigenvalue weighted by atomic mass is 10.1. The smallest absolute Gasteiger partial charge is 0.272 e. The lowest BCUT2D eigenvalue weighted by Crippen LogP contribution is -2.16. The molecule has 0 radical (unpaired) electrons. The van der Waals surface area contributed by atoms with Gasteiger partial charge in [0, 0.05) is 13.2 Å². The number of rotatable bonds is 2. The molecule has 102 valence electrons. The summed E-state index contributed by atoms with van der Waals surface area (Å²) in [5, 5.41) is 2.72. The average molecular weight is 271 g/mol. The summed E-state index contributed by atoms with van der Waals surface area (Å²) < 4.78 is 14.9. The normalized spacial score (nSPS) is 9.75. The minimum atomic E-state index is -0.414. The van der Waals surface area contributed by atoms with Gasteiger partial charge in [0.25, 0.3) is 5.91 Å². The Balaban J connectivity index is 2.29. The molecule has 1 heterocycles. The van der Waals surface area contributed by atoms with Crippen LogP contribution in [0.2, 0.25) is 0 Å². The lowest BCUT2D eigenvalue weighted by Gasteiger charge is -2.08. The third-order valence-corrected chi connectivity index (χ3v) is 2.73. The molecular formula is C15H14FN3O. The summed E-state index contributed by atoms with van der Waals surface area (Å²) in [5.74, 6) is 4.70. The summed E-state index contributed by atoms with van der Waals surface area (Å²) in [4.78, 5) is 12.1. The van der Waals surface area contributed by atoms with Gasteiger partial charge < -0.3 is 15.6 Å². The highest BCUT2D eigenvalue weighted by molar-refractivity contribution is 6.03. The van der Waals surface area contributed by atoms with Crippen molar-refractivity contribution in [2.75, 3.05) is 11.9 Å². The van der Waals surface area contributed by atoms with Crippen LogP contribution in [0, 0.1) is 17.7 Å². The number of aryl methyl sites for hydroxylation is 1. The predicted molar refractivity (Wildman–Crippen MR) is 75.7 cm³/mol. The highest BCUT2D eigenvalue weighted by atomic mass is 19.1. The van der Waals surface area contributed by atoms with Crippen LogP contribution in [0.1, 0.15) is 16.1 Å². The molecule has 1 aromatic heterocycles. The Kier molecular flexibility index (Phi) is 4.18. The maximum Gasteiger partial charge on any atom is 0.272 e. The van der Waals surface area contributed by atoms with Crippen molar-refractivity contribution in [3.05, 3.63) is 53.6 Å². The van der Waals surface area contributed by atoms with Crippen LogP contribution in [0.15, 0.2) is 36.5 Å². The van der Waals surface area contributed by atoms with Gasteiger partial charge in [-0.05, 0) is 30.3 Å². The molecule has 1 aromatic carbocycles. The van der Waals surface area contributed by atoms with Crippen molar-refractivity contribution >= 4 is 11.6 Å². The second-order valence-corrected chi connectivity index (χ2v) is 4.15. The molecule has 0 spiro atoms. The molecular weight excluding hydrogens is 257 g/mol. The van der Waals surface area contributed by atoms with Gasteiger partial charge in [-0.15, -0.1) is 0 Å². The van der Waals surface area contributed by atoms with Gasteiger partial charge in [-0.2, -0.15) is 0 Å². The van der Waals surface area contributed by atoms with E-state index in [-0.39, 0.29) is 12.5 Å². The molecule has 0 aliphatic heterocycles. The van der Waals surface area contributed by atoms with E-state index in [9.17, 15) is 9.18 Å². The third kappa shape index (κ3) is 3.05. The maximum absolute atomic E-state index is 13.2. The number of benzene rings is 1. The Bertz CT molecular complexity index is 695. The van der Waals surface area contributed by atoms with Crippen LogP contribution < -0.4 is 11.1 Å². The monoisotopic (exact) mass is 271 g/mol. The minimum absolute atomic E-state index is 0.168. The summed E-state index contributed by atoms with van der Waals surface area (Å²) in [5.41, 5.74) is 6.67. The molecule has 2 aromatic rings. The highest BCUT2D eigenvalue weighted by Crippen LogP contribution is 2.17. The fourth-order valence-electron chi connectivity index (χ4n) is 1.76. The number of carbonyl (C=O) groups excluding carboxylic acids is 1. The van der Waals surface area contributed by atoms with Crippen molar-refractivity contribution in [1.82, 2.24) is 4.57 Å². The summed E-state index contributed by atoms with van der Waals surface area (Å²) in [6.07, 6.45) is 1.77. The van der Waals surface area contributed by atoms with Crippen molar-refractivity contribution in [3.63, 3.8) is 0 Å². The molecule has 20 heavy (non-hydrogen) atoms. The van der Waals surface area contributed by atoms with Crippen molar-refractivity contribution in [3.8, 4) is 11.8 Å². The summed E-state index contributed by atoms with van der Waals surface area (Å²) in [6, 6.07) is 7.49. The Morgan fingerprint density at radius 2 is 2.25 bits per heavy atom. The van der Waals surface area contributed by atoms with E-state index >= 15 is 0 Å². The largest absolute Gasteiger partial charge is 0.347 e. The number of nitrogens with one attached hydrogen (secondary N) is 1. The van der Waals surface area contributed by atoms with Crippen LogP contribution in [0.4, 0.5) is 10.1 Å². The molecule has 1 amide bonds. The van der Waals surface area contributed by atoms with Gasteiger partial charge >= 0.3 is 0 Å². The molecule has 4 nitrogen and oxygen atoms in total. The first kappa shape index (κ1) is 13.8. The number of hydrogen-bond donors (Lipinski definition) is 2. The average Bonchev–Trinajstić information content (AvgIpc) is 2.85. The van der Waals surface area contributed by atoms with E-state index in [0.29, 0.717) is 16.9 Å². The minimum Gasteiger partial charge on any atom is -0.347 e. The zero-order chi connectivity index (χ0) is 14.5. The number of halogens is 1. The zero-order valence-electron chi connectivity index (χ0n) is 11.0. The van der Waals surface area contributed by atoms with E-state index in [1.807, 2.05) is 0 Å². The number of nitrogens with two attached hydrogens (primary N) is 1. The van der Waals surface area contributed by atoms with E-state index in [4.69, 9.17) is 5.73 Å². The second-order valence-electron chi connectivity index (χ2n) is 4.15. The number of hydrogen-bond acceptors (Lipinski definition) is 2. The lowest BCUT2D eigenvalue weighted by molar-refractivity contribution is 0.101. The molecule has 5 heteroatoms. The fourth-order valence-corrected chi connectivity index (χ4v) is 1.76. The van der Waals surface area contributed by atoms with Gasteiger partial charge in [-0.3, -0.25) is 4.79 Å². The van der Waals surface area contributed by atoms with E-state index < -0.39 is 5.82 Å². The number of nitrogens with zero attached hydrogens (tertiary/aromatic N) is 1. The molecule has 0 fully saturated rings. The van der Waals surface area contributed by atoms with E-state index in [1.54, 1.807) is 29.9 Å². The highest BCUT2D eigenvalue weighted by Gasteiger charge is 2.11. The summed E-state index contributed by atoms with van der Waals surface area (Å²) in [7, 11) is 1.77.